The van der Waals surface area contributed by atoms with Crippen molar-refractivity contribution in [3.63, 3.8) is 0 Å². The highest BCUT2D eigenvalue weighted by atomic mass is 32.2. The van der Waals surface area contributed by atoms with Gasteiger partial charge in [-0.15, -0.1) is 0 Å². The highest BCUT2D eigenvalue weighted by Crippen LogP contribution is 2.45. The van der Waals surface area contributed by atoms with E-state index in [1.165, 1.54) is 12.1 Å². The highest BCUT2D eigenvalue weighted by Gasteiger charge is 2.37. The van der Waals surface area contributed by atoms with Crippen molar-refractivity contribution in [2.75, 3.05) is 0 Å². The molecular formula is C30H28F6S. The van der Waals surface area contributed by atoms with Crippen molar-refractivity contribution in [2.24, 2.45) is 11.8 Å². The van der Waals surface area contributed by atoms with Gasteiger partial charge < -0.3 is 0 Å². The minimum absolute atomic E-state index is 0.0302. The Morgan fingerprint density at radius 2 is 0.973 bits per heavy atom. The number of alkyl halides is 6. The van der Waals surface area contributed by atoms with Gasteiger partial charge in [-0.05, 0) is 62.8 Å². The van der Waals surface area contributed by atoms with E-state index in [4.69, 9.17) is 0 Å². The summed E-state index contributed by atoms with van der Waals surface area (Å²) in [6.45, 7) is 3.33. The van der Waals surface area contributed by atoms with Crippen molar-refractivity contribution in [1.82, 2.24) is 0 Å². The molecule has 2 fully saturated rings. The van der Waals surface area contributed by atoms with E-state index in [-0.39, 0.29) is 32.8 Å². The quantitative estimate of drug-likeness (QED) is 0.273. The fourth-order valence-corrected chi connectivity index (χ4v) is 6.14. The summed E-state index contributed by atoms with van der Waals surface area (Å²) in [5.74, 6) is 11.7. The Labute approximate surface area is 218 Å². The molecule has 0 atom stereocenters. The zero-order valence-corrected chi connectivity index (χ0v) is 21.6. The van der Waals surface area contributed by atoms with Gasteiger partial charge in [-0.1, -0.05) is 73.3 Å². The largest absolute Gasteiger partial charge is 0.417 e. The van der Waals surface area contributed by atoms with Crippen molar-refractivity contribution >= 4 is 11.8 Å². The zero-order chi connectivity index (χ0) is 26.8. The van der Waals surface area contributed by atoms with Gasteiger partial charge in [0, 0.05) is 21.6 Å². The van der Waals surface area contributed by atoms with Crippen LogP contribution >= 0.6 is 11.8 Å². The van der Waals surface area contributed by atoms with Crippen LogP contribution in [0.5, 0.6) is 0 Å². The van der Waals surface area contributed by atoms with Gasteiger partial charge in [-0.3, -0.25) is 0 Å². The number of rotatable bonds is 2. The molecule has 196 valence electrons. The molecule has 0 radical (unpaired) electrons. The van der Waals surface area contributed by atoms with Crippen molar-refractivity contribution < 1.29 is 26.3 Å². The van der Waals surface area contributed by atoms with Crippen LogP contribution in [0, 0.1) is 49.4 Å². The minimum Gasteiger partial charge on any atom is -0.166 e. The topological polar surface area (TPSA) is 0 Å². The number of benzene rings is 2. The van der Waals surface area contributed by atoms with Crippen molar-refractivity contribution in [3.05, 3.63) is 57.6 Å². The summed E-state index contributed by atoms with van der Waals surface area (Å²) >= 11 is 0.915. The summed E-state index contributed by atoms with van der Waals surface area (Å²) in [4.78, 5) is 0.457. The molecular weight excluding hydrogens is 506 g/mol. The van der Waals surface area contributed by atoms with E-state index in [0.717, 1.165) is 75.3 Å². The molecule has 0 amide bonds. The molecule has 7 heteroatoms. The fourth-order valence-electron chi connectivity index (χ4n) is 4.95. The first-order valence-corrected chi connectivity index (χ1v) is 13.4. The Balaban J connectivity index is 1.89. The maximum Gasteiger partial charge on any atom is 0.417 e. The average Bonchev–Trinajstić information content (AvgIpc) is 3.52. The molecule has 0 bridgehead atoms. The third-order valence-electron chi connectivity index (χ3n) is 7.04. The Morgan fingerprint density at radius 1 is 0.622 bits per heavy atom. The van der Waals surface area contributed by atoms with Crippen molar-refractivity contribution in [3.8, 4) is 23.7 Å². The standard InChI is InChI=1S/C30H28F6S/c1-19-11-17-25(29(31,32)33)23(15-13-21-7-3-4-8-21)27(19)37-28-20(2)12-18-26(30(34,35)36)24(28)16-14-22-9-5-6-10-22/h11-12,17-18,21-22H,3-10H2,1-2H3. The Kier molecular flexibility index (Phi) is 8.24. The third kappa shape index (κ3) is 6.50. The molecule has 0 nitrogen and oxygen atoms in total. The van der Waals surface area contributed by atoms with Crippen LogP contribution in [0.1, 0.15) is 84.7 Å². The predicted octanol–water partition coefficient (Wildman–Crippen LogP) is 9.58. The number of hydrogen-bond acceptors (Lipinski definition) is 1. The van der Waals surface area contributed by atoms with Crippen LogP contribution in [0.2, 0.25) is 0 Å². The van der Waals surface area contributed by atoms with Crippen LogP contribution in [0.3, 0.4) is 0 Å². The van der Waals surface area contributed by atoms with E-state index in [0.29, 0.717) is 11.1 Å². The Morgan fingerprint density at radius 3 is 1.30 bits per heavy atom. The molecule has 2 saturated carbocycles. The van der Waals surface area contributed by atoms with Gasteiger partial charge in [0.25, 0.3) is 0 Å². The molecule has 0 aromatic heterocycles. The van der Waals surface area contributed by atoms with E-state index in [2.05, 4.69) is 23.7 Å². The van der Waals surface area contributed by atoms with Crippen molar-refractivity contribution in [1.29, 1.82) is 0 Å². The molecule has 0 unspecified atom stereocenters. The number of halogens is 6. The summed E-state index contributed by atoms with van der Waals surface area (Å²) in [5, 5.41) is 0. The van der Waals surface area contributed by atoms with Gasteiger partial charge in [-0.2, -0.15) is 26.3 Å². The summed E-state index contributed by atoms with van der Waals surface area (Å²) in [6, 6.07) is 4.74. The Hall–Kier alpha value is -2.51. The van der Waals surface area contributed by atoms with Crippen molar-refractivity contribution in [2.45, 2.75) is 87.4 Å². The van der Waals surface area contributed by atoms with Gasteiger partial charge in [-0.25, -0.2) is 0 Å². The van der Waals surface area contributed by atoms with Gasteiger partial charge >= 0.3 is 12.4 Å². The lowest BCUT2D eigenvalue weighted by Crippen LogP contribution is -2.11. The SMILES string of the molecule is Cc1ccc(C(F)(F)F)c(C#CC2CCCC2)c1Sc1c(C)ccc(C(F)(F)F)c1C#CC1CCCC1. The van der Waals surface area contributed by atoms with E-state index < -0.39 is 23.5 Å². The van der Waals surface area contributed by atoms with Gasteiger partial charge in [0.1, 0.15) is 0 Å². The monoisotopic (exact) mass is 534 g/mol. The molecule has 2 aliphatic rings. The lowest BCUT2D eigenvalue weighted by atomic mass is 10.0. The third-order valence-corrected chi connectivity index (χ3v) is 8.50. The molecule has 2 aromatic carbocycles. The number of hydrogen-bond donors (Lipinski definition) is 0. The van der Waals surface area contributed by atoms with E-state index in [9.17, 15) is 26.3 Å². The lowest BCUT2D eigenvalue weighted by Gasteiger charge is -2.19. The van der Waals surface area contributed by atoms with E-state index in [1.807, 2.05) is 0 Å². The highest BCUT2D eigenvalue weighted by molar-refractivity contribution is 7.99. The zero-order valence-electron chi connectivity index (χ0n) is 20.8. The first-order valence-electron chi connectivity index (χ1n) is 12.6. The van der Waals surface area contributed by atoms with Crippen LogP contribution in [0.4, 0.5) is 26.3 Å². The summed E-state index contributed by atoms with van der Waals surface area (Å²) in [5.41, 5.74) is -1.02. The van der Waals surface area contributed by atoms with Gasteiger partial charge in [0.2, 0.25) is 0 Å². The molecule has 0 N–H and O–H groups in total. The van der Waals surface area contributed by atoms with Crippen LogP contribution in [-0.4, -0.2) is 0 Å². The van der Waals surface area contributed by atoms with Crippen LogP contribution < -0.4 is 0 Å². The first-order chi connectivity index (χ1) is 17.4. The Bertz CT molecular complexity index is 1170. The molecule has 0 spiro atoms. The molecule has 0 aliphatic heterocycles. The van der Waals surface area contributed by atoms with E-state index >= 15 is 0 Å². The summed E-state index contributed by atoms with van der Waals surface area (Å²) in [7, 11) is 0. The van der Waals surface area contributed by atoms with Crippen LogP contribution in [-0.2, 0) is 12.4 Å². The molecule has 0 heterocycles. The number of aryl methyl sites for hydroxylation is 2. The average molecular weight is 535 g/mol. The second-order valence-corrected chi connectivity index (χ2v) is 10.9. The summed E-state index contributed by atoms with van der Waals surface area (Å²) < 4.78 is 84.1. The second kappa shape index (κ2) is 11.1. The van der Waals surface area contributed by atoms with Crippen LogP contribution in [0.15, 0.2) is 34.1 Å². The normalized spacial score (nSPS) is 16.9. The van der Waals surface area contributed by atoms with Gasteiger partial charge in [0.15, 0.2) is 0 Å². The maximum atomic E-state index is 14.0. The molecule has 2 aromatic rings. The lowest BCUT2D eigenvalue weighted by molar-refractivity contribution is -0.138. The van der Waals surface area contributed by atoms with Gasteiger partial charge in [0.05, 0.1) is 22.3 Å². The molecule has 4 rings (SSSR count). The van der Waals surface area contributed by atoms with E-state index in [1.54, 1.807) is 13.8 Å². The molecule has 2 aliphatic carbocycles. The maximum absolute atomic E-state index is 14.0. The first kappa shape index (κ1) is 27.5. The second-order valence-electron chi connectivity index (χ2n) is 9.87. The van der Waals surface area contributed by atoms with Crippen LogP contribution in [0.25, 0.3) is 0 Å². The predicted molar refractivity (Wildman–Crippen MR) is 134 cm³/mol. The fraction of sp³-hybridized carbons (Fsp3) is 0.467. The molecule has 0 saturated heterocycles. The summed E-state index contributed by atoms with van der Waals surface area (Å²) in [6.07, 6.45) is -1.94. The smallest absolute Gasteiger partial charge is 0.166 e. The molecule has 37 heavy (non-hydrogen) atoms. The minimum atomic E-state index is -4.64.